The van der Waals surface area contributed by atoms with E-state index in [2.05, 4.69) is 29.3 Å². The lowest BCUT2D eigenvalue weighted by Crippen LogP contribution is -2.40. The van der Waals surface area contributed by atoms with Crippen molar-refractivity contribution in [2.24, 2.45) is 5.73 Å². The Balaban J connectivity index is 1.95. The van der Waals surface area contributed by atoms with Gasteiger partial charge in [0, 0.05) is 30.1 Å². The maximum Gasteiger partial charge on any atom is 0.0413 e. The quantitative estimate of drug-likeness (QED) is 0.811. The van der Waals surface area contributed by atoms with E-state index in [1.54, 1.807) is 0 Å². The van der Waals surface area contributed by atoms with Crippen LogP contribution in [0.4, 0.5) is 0 Å². The number of piperidine rings is 1. The van der Waals surface area contributed by atoms with E-state index in [1.807, 2.05) is 11.3 Å². The molecule has 0 amide bonds. The minimum atomic E-state index is 0.432. The highest BCUT2D eigenvalue weighted by molar-refractivity contribution is 7.10. The summed E-state index contributed by atoms with van der Waals surface area (Å²) in [5.41, 5.74) is 5.89. The molecule has 2 heterocycles. The second-order valence-electron chi connectivity index (χ2n) is 4.06. The maximum atomic E-state index is 5.89. The van der Waals surface area contributed by atoms with Crippen LogP contribution in [0.1, 0.15) is 30.7 Å². The molecule has 0 unspecified atom stereocenters. The molecule has 0 bridgehead atoms. The van der Waals surface area contributed by atoms with E-state index in [1.165, 1.54) is 4.88 Å². The highest BCUT2D eigenvalue weighted by Crippen LogP contribution is 2.26. The number of hydrogen-bond acceptors (Lipinski definition) is 3. The summed E-state index contributed by atoms with van der Waals surface area (Å²) in [7, 11) is 0. The first kappa shape index (κ1) is 10.1. The van der Waals surface area contributed by atoms with Gasteiger partial charge in [0.2, 0.25) is 0 Å². The molecule has 3 heteroatoms. The Labute approximate surface area is 89.7 Å². The third-order valence-corrected chi connectivity index (χ3v) is 4.12. The van der Waals surface area contributed by atoms with E-state index in [0.717, 1.165) is 25.9 Å². The van der Waals surface area contributed by atoms with E-state index in [0.29, 0.717) is 12.1 Å². The molecule has 0 aliphatic carbocycles. The van der Waals surface area contributed by atoms with Crippen LogP contribution in [0.3, 0.4) is 0 Å². The average molecular weight is 210 g/mol. The van der Waals surface area contributed by atoms with Gasteiger partial charge in [0.1, 0.15) is 0 Å². The van der Waals surface area contributed by atoms with Crippen LogP contribution in [0.15, 0.2) is 17.5 Å². The van der Waals surface area contributed by atoms with E-state index in [4.69, 9.17) is 5.73 Å². The van der Waals surface area contributed by atoms with E-state index in [-0.39, 0.29) is 0 Å². The van der Waals surface area contributed by atoms with Gasteiger partial charge in [-0.05, 0) is 31.2 Å². The summed E-state index contributed by atoms with van der Waals surface area (Å²) < 4.78 is 0. The lowest BCUT2D eigenvalue weighted by molar-refractivity contribution is 0.165. The number of nitrogens with two attached hydrogens (primary N) is 1. The van der Waals surface area contributed by atoms with Gasteiger partial charge in [-0.2, -0.15) is 0 Å². The van der Waals surface area contributed by atoms with Crippen LogP contribution in [-0.4, -0.2) is 24.0 Å². The zero-order chi connectivity index (χ0) is 9.97. The average Bonchev–Trinajstić information content (AvgIpc) is 2.71. The summed E-state index contributed by atoms with van der Waals surface area (Å²) in [6.45, 7) is 4.60. The van der Waals surface area contributed by atoms with Crippen LogP contribution in [0.25, 0.3) is 0 Å². The van der Waals surface area contributed by atoms with E-state index >= 15 is 0 Å². The number of likely N-dealkylation sites (tertiary alicyclic amines) is 1. The minimum absolute atomic E-state index is 0.432. The Kier molecular flexibility index (Phi) is 3.21. The first-order valence-electron chi connectivity index (χ1n) is 5.30. The summed E-state index contributed by atoms with van der Waals surface area (Å²) in [6.07, 6.45) is 2.30. The molecule has 2 nitrogen and oxygen atoms in total. The van der Waals surface area contributed by atoms with Crippen LogP contribution in [0, 0.1) is 0 Å². The predicted molar refractivity (Wildman–Crippen MR) is 61.5 cm³/mol. The largest absolute Gasteiger partial charge is 0.328 e. The molecule has 2 rings (SSSR count). The zero-order valence-corrected chi connectivity index (χ0v) is 9.46. The molecule has 0 aromatic carbocycles. The molecule has 0 spiro atoms. The minimum Gasteiger partial charge on any atom is -0.328 e. The molecule has 1 aromatic rings. The Bertz CT molecular complexity index is 263. The molecule has 14 heavy (non-hydrogen) atoms. The van der Waals surface area contributed by atoms with Gasteiger partial charge in [-0.15, -0.1) is 11.3 Å². The van der Waals surface area contributed by atoms with Gasteiger partial charge in [0.25, 0.3) is 0 Å². The lowest BCUT2D eigenvalue weighted by Gasteiger charge is -2.34. The fourth-order valence-corrected chi connectivity index (χ4v) is 2.83. The molecule has 1 aromatic heterocycles. The number of rotatable bonds is 2. The molecule has 1 atom stereocenters. The van der Waals surface area contributed by atoms with Gasteiger partial charge in [0.05, 0.1) is 0 Å². The van der Waals surface area contributed by atoms with Gasteiger partial charge >= 0.3 is 0 Å². The monoisotopic (exact) mass is 210 g/mol. The molecule has 0 radical (unpaired) electrons. The SMILES string of the molecule is C[C@H](c1cccs1)N1CCC(N)CC1. The molecule has 1 saturated heterocycles. The Morgan fingerprint density at radius 3 is 2.79 bits per heavy atom. The predicted octanol–water partition coefficient (Wildman–Crippen LogP) is 2.23. The van der Waals surface area contributed by atoms with Crippen molar-refractivity contribution in [2.75, 3.05) is 13.1 Å². The number of thiophene rings is 1. The van der Waals surface area contributed by atoms with Crippen molar-refractivity contribution in [1.29, 1.82) is 0 Å². The third-order valence-electron chi connectivity index (χ3n) is 3.08. The molecule has 1 aliphatic rings. The normalized spacial score (nSPS) is 22.4. The summed E-state index contributed by atoms with van der Waals surface area (Å²) in [4.78, 5) is 4.01. The molecule has 1 aliphatic heterocycles. The van der Waals surface area contributed by atoms with Gasteiger partial charge in [-0.3, -0.25) is 4.90 Å². The summed E-state index contributed by atoms with van der Waals surface area (Å²) in [6, 6.07) is 5.36. The molecule has 1 fully saturated rings. The second kappa shape index (κ2) is 4.43. The summed E-state index contributed by atoms with van der Waals surface area (Å²) in [5, 5.41) is 2.15. The van der Waals surface area contributed by atoms with Crippen LogP contribution >= 0.6 is 11.3 Å². The third kappa shape index (κ3) is 2.16. The Morgan fingerprint density at radius 1 is 1.50 bits per heavy atom. The maximum absolute atomic E-state index is 5.89. The number of nitrogens with zero attached hydrogens (tertiary/aromatic N) is 1. The van der Waals surface area contributed by atoms with Crippen LogP contribution < -0.4 is 5.73 Å². The molecule has 2 N–H and O–H groups in total. The first-order chi connectivity index (χ1) is 6.77. The van der Waals surface area contributed by atoms with E-state index in [9.17, 15) is 0 Å². The zero-order valence-electron chi connectivity index (χ0n) is 8.65. The van der Waals surface area contributed by atoms with Crippen molar-refractivity contribution in [2.45, 2.75) is 31.8 Å². The van der Waals surface area contributed by atoms with Crippen molar-refractivity contribution in [3.05, 3.63) is 22.4 Å². The molecule has 0 saturated carbocycles. The first-order valence-corrected chi connectivity index (χ1v) is 6.18. The van der Waals surface area contributed by atoms with Crippen LogP contribution in [0.2, 0.25) is 0 Å². The molecular formula is C11H18N2S. The lowest BCUT2D eigenvalue weighted by atomic mass is 10.0. The summed E-state index contributed by atoms with van der Waals surface area (Å²) >= 11 is 1.85. The van der Waals surface area contributed by atoms with Crippen molar-refractivity contribution in [3.63, 3.8) is 0 Å². The fraction of sp³-hybridized carbons (Fsp3) is 0.636. The Hall–Kier alpha value is -0.380. The van der Waals surface area contributed by atoms with Gasteiger partial charge in [0.15, 0.2) is 0 Å². The Morgan fingerprint density at radius 2 is 2.21 bits per heavy atom. The van der Waals surface area contributed by atoms with Crippen molar-refractivity contribution in [1.82, 2.24) is 4.90 Å². The highest BCUT2D eigenvalue weighted by atomic mass is 32.1. The van der Waals surface area contributed by atoms with Crippen molar-refractivity contribution < 1.29 is 0 Å². The topological polar surface area (TPSA) is 29.3 Å². The smallest absolute Gasteiger partial charge is 0.0413 e. The fourth-order valence-electron chi connectivity index (χ4n) is 2.02. The van der Waals surface area contributed by atoms with Gasteiger partial charge in [-0.1, -0.05) is 6.07 Å². The van der Waals surface area contributed by atoms with Gasteiger partial charge in [-0.25, -0.2) is 0 Å². The van der Waals surface area contributed by atoms with Crippen molar-refractivity contribution in [3.8, 4) is 0 Å². The van der Waals surface area contributed by atoms with Gasteiger partial charge < -0.3 is 5.73 Å². The molecule has 78 valence electrons. The standard InChI is InChI=1S/C11H18N2S/c1-9(11-3-2-8-14-11)13-6-4-10(12)5-7-13/h2-3,8-10H,4-7,12H2,1H3/t9-/m1/s1. The van der Waals surface area contributed by atoms with Crippen molar-refractivity contribution >= 4 is 11.3 Å². The highest BCUT2D eigenvalue weighted by Gasteiger charge is 2.21. The van der Waals surface area contributed by atoms with E-state index < -0.39 is 0 Å². The molecular weight excluding hydrogens is 192 g/mol. The number of hydrogen-bond donors (Lipinski definition) is 1. The van der Waals surface area contributed by atoms with Crippen LogP contribution in [0.5, 0.6) is 0 Å². The van der Waals surface area contributed by atoms with Crippen LogP contribution in [-0.2, 0) is 0 Å². The second-order valence-corrected chi connectivity index (χ2v) is 5.04. The summed E-state index contributed by atoms with van der Waals surface area (Å²) in [5.74, 6) is 0.